The number of nitrogens with one attached hydrogen (secondary N) is 1. The lowest BCUT2D eigenvalue weighted by molar-refractivity contribution is -0.145. The summed E-state index contributed by atoms with van der Waals surface area (Å²) in [7, 11) is 2.61. The molecule has 0 fully saturated rings. The van der Waals surface area contributed by atoms with Crippen LogP contribution in [0.4, 0.5) is 0 Å². The summed E-state index contributed by atoms with van der Waals surface area (Å²) in [6.07, 6.45) is 0. The molecule has 0 aliphatic heterocycles. The molecule has 0 radical (unpaired) electrons. The number of methoxy groups -OCH3 is 2. The van der Waals surface area contributed by atoms with Crippen molar-refractivity contribution in [1.82, 2.24) is 5.32 Å². The lowest BCUT2D eigenvalue weighted by Crippen LogP contribution is -2.47. The molecule has 14 heavy (non-hydrogen) atoms. The molecule has 1 amide bonds. The predicted octanol–water partition coefficient (Wildman–Crippen LogP) is -1.33. The largest absolute Gasteiger partial charge is 0.467 e. The van der Waals surface area contributed by atoms with Gasteiger partial charge in [0.1, 0.15) is 12.6 Å². The third kappa shape index (κ3) is 5.74. The van der Waals surface area contributed by atoms with E-state index in [2.05, 4.69) is 14.8 Å². The number of nitrogens with two attached hydrogens (primary N) is 1. The average molecular weight is 227 g/mol. The second-order valence-corrected chi connectivity index (χ2v) is 2.31. The highest BCUT2D eigenvalue weighted by Crippen LogP contribution is 1.85. The second kappa shape index (κ2) is 8.74. The van der Waals surface area contributed by atoms with Crippen molar-refractivity contribution in [2.45, 2.75) is 6.04 Å². The molecule has 0 unspecified atom stereocenters. The van der Waals surface area contributed by atoms with Gasteiger partial charge in [-0.3, -0.25) is 4.79 Å². The molecular weight excluding hydrogens is 212 g/mol. The highest BCUT2D eigenvalue weighted by atomic mass is 35.5. The van der Waals surface area contributed by atoms with Gasteiger partial charge in [0.15, 0.2) is 0 Å². The summed E-state index contributed by atoms with van der Waals surface area (Å²) in [6, 6.07) is -0.798. The fourth-order valence-electron chi connectivity index (χ4n) is 0.723. The molecule has 0 heterocycles. The molecule has 7 heteroatoms. The standard InChI is InChI=1S/C7H14N2O4.ClH/c1-12-4-6(10)9-5(3-8)7(11)13-2;/h5H,3-4,8H2,1-2H3,(H,9,10);1H/t5-;/m0./s1. The van der Waals surface area contributed by atoms with E-state index >= 15 is 0 Å². The van der Waals surface area contributed by atoms with Crippen LogP contribution in [0.1, 0.15) is 0 Å². The van der Waals surface area contributed by atoms with E-state index in [1.54, 1.807) is 0 Å². The molecule has 1 atom stereocenters. The van der Waals surface area contributed by atoms with Gasteiger partial charge < -0.3 is 20.5 Å². The SMILES string of the molecule is COCC(=O)N[C@@H](CN)C(=O)OC.Cl. The third-order valence-electron chi connectivity index (χ3n) is 1.33. The Morgan fingerprint density at radius 3 is 2.36 bits per heavy atom. The molecule has 0 spiro atoms. The van der Waals surface area contributed by atoms with Gasteiger partial charge in [-0.2, -0.15) is 0 Å². The van der Waals surface area contributed by atoms with Crippen molar-refractivity contribution in [2.75, 3.05) is 27.4 Å². The highest BCUT2D eigenvalue weighted by Gasteiger charge is 2.18. The summed E-state index contributed by atoms with van der Waals surface area (Å²) in [6.45, 7) is -0.102. The minimum atomic E-state index is -0.798. The number of esters is 1. The topological polar surface area (TPSA) is 90.6 Å². The van der Waals surface area contributed by atoms with E-state index in [0.29, 0.717) is 0 Å². The first-order chi connectivity index (χ1) is 6.15. The van der Waals surface area contributed by atoms with Gasteiger partial charge in [0.2, 0.25) is 5.91 Å². The average Bonchev–Trinajstić information content (AvgIpc) is 2.13. The zero-order valence-corrected chi connectivity index (χ0v) is 8.93. The van der Waals surface area contributed by atoms with Crippen LogP contribution in [-0.2, 0) is 19.1 Å². The van der Waals surface area contributed by atoms with Crippen molar-refractivity contribution >= 4 is 24.3 Å². The highest BCUT2D eigenvalue weighted by molar-refractivity contribution is 5.85. The maximum absolute atomic E-state index is 10.9. The van der Waals surface area contributed by atoms with Crippen LogP contribution in [0.15, 0.2) is 0 Å². The number of carbonyl (C=O) groups excluding carboxylic acids is 2. The van der Waals surface area contributed by atoms with E-state index in [1.807, 2.05) is 0 Å². The number of amides is 1. The van der Waals surface area contributed by atoms with Crippen molar-refractivity contribution in [2.24, 2.45) is 5.73 Å². The molecule has 0 bridgehead atoms. The Balaban J connectivity index is 0. The van der Waals surface area contributed by atoms with Crippen molar-refractivity contribution < 1.29 is 19.1 Å². The first kappa shape index (κ1) is 15.6. The summed E-state index contributed by atoms with van der Waals surface area (Å²) in [5.74, 6) is -0.963. The molecule has 0 aromatic carbocycles. The van der Waals surface area contributed by atoms with Gasteiger partial charge in [-0.05, 0) is 0 Å². The summed E-state index contributed by atoms with van der Waals surface area (Å²) in [5.41, 5.74) is 5.24. The summed E-state index contributed by atoms with van der Waals surface area (Å²) in [5, 5.41) is 2.35. The van der Waals surface area contributed by atoms with Crippen LogP contribution in [0.2, 0.25) is 0 Å². The van der Waals surface area contributed by atoms with Crippen molar-refractivity contribution in [3.8, 4) is 0 Å². The Labute approximate surface area is 88.5 Å². The van der Waals surface area contributed by atoms with Crippen LogP contribution >= 0.6 is 12.4 Å². The molecule has 6 nitrogen and oxygen atoms in total. The third-order valence-corrected chi connectivity index (χ3v) is 1.33. The molecule has 0 rings (SSSR count). The molecular formula is C7H15ClN2O4. The van der Waals surface area contributed by atoms with Crippen LogP contribution < -0.4 is 11.1 Å². The number of hydrogen-bond donors (Lipinski definition) is 2. The zero-order chi connectivity index (χ0) is 10.3. The molecule has 0 aliphatic rings. The van der Waals surface area contributed by atoms with Gasteiger partial charge in [0.05, 0.1) is 7.11 Å². The van der Waals surface area contributed by atoms with Gasteiger partial charge >= 0.3 is 5.97 Å². The molecule has 0 saturated carbocycles. The van der Waals surface area contributed by atoms with Gasteiger partial charge in [0.25, 0.3) is 0 Å². The Morgan fingerprint density at radius 1 is 1.43 bits per heavy atom. The van der Waals surface area contributed by atoms with Crippen LogP contribution in [-0.4, -0.2) is 45.3 Å². The van der Waals surface area contributed by atoms with Gasteiger partial charge in [-0.25, -0.2) is 4.79 Å². The fourth-order valence-corrected chi connectivity index (χ4v) is 0.723. The Hall–Kier alpha value is -0.850. The maximum atomic E-state index is 10.9. The molecule has 0 aliphatic carbocycles. The Kier molecular flexibility index (Phi) is 9.74. The first-order valence-electron chi connectivity index (χ1n) is 3.71. The quantitative estimate of drug-likeness (QED) is 0.567. The van der Waals surface area contributed by atoms with Crippen molar-refractivity contribution in [3.05, 3.63) is 0 Å². The molecule has 0 saturated heterocycles. The summed E-state index contributed by atoms with van der Waals surface area (Å²) >= 11 is 0. The van der Waals surface area contributed by atoms with Gasteiger partial charge in [-0.1, -0.05) is 0 Å². The normalized spacial score (nSPS) is 11.1. The lowest BCUT2D eigenvalue weighted by atomic mass is 10.3. The van der Waals surface area contributed by atoms with Crippen molar-refractivity contribution in [3.63, 3.8) is 0 Å². The van der Waals surface area contributed by atoms with Crippen LogP contribution in [0.3, 0.4) is 0 Å². The number of rotatable bonds is 5. The minimum absolute atomic E-state index is 0. The van der Waals surface area contributed by atoms with Crippen LogP contribution in [0.5, 0.6) is 0 Å². The fraction of sp³-hybridized carbons (Fsp3) is 0.714. The molecule has 0 aromatic heterocycles. The molecule has 84 valence electrons. The smallest absolute Gasteiger partial charge is 0.329 e. The number of hydrogen-bond acceptors (Lipinski definition) is 5. The Morgan fingerprint density at radius 2 is 2.00 bits per heavy atom. The summed E-state index contributed by atoms with van der Waals surface area (Å²) in [4.78, 5) is 21.9. The first-order valence-corrected chi connectivity index (χ1v) is 3.71. The second-order valence-electron chi connectivity index (χ2n) is 2.31. The van der Waals surface area contributed by atoms with Gasteiger partial charge in [0, 0.05) is 13.7 Å². The van der Waals surface area contributed by atoms with E-state index in [-0.39, 0.29) is 25.6 Å². The van der Waals surface area contributed by atoms with Crippen LogP contribution in [0, 0.1) is 0 Å². The monoisotopic (exact) mass is 226 g/mol. The van der Waals surface area contributed by atoms with E-state index in [9.17, 15) is 9.59 Å². The van der Waals surface area contributed by atoms with E-state index in [1.165, 1.54) is 14.2 Å². The summed E-state index contributed by atoms with van der Waals surface area (Å²) < 4.78 is 8.97. The lowest BCUT2D eigenvalue weighted by Gasteiger charge is -2.13. The molecule has 0 aromatic rings. The maximum Gasteiger partial charge on any atom is 0.329 e. The minimum Gasteiger partial charge on any atom is -0.467 e. The van der Waals surface area contributed by atoms with Gasteiger partial charge in [-0.15, -0.1) is 12.4 Å². The van der Waals surface area contributed by atoms with E-state index in [0.717, 1.165) is 0 Å². The van der Waals surface area contributed by atoms with E-state index < -0.39 is 17.9 Å². The number of ether oxygens (including phenoxy) is 2. The number of halogens is 1. The predicted molar refractivity (Wildman–Crippen MR) is 52.1 cm³/mol. The van der Waals surface area contributed by atoms with E-state index in [4.69, 9.17) is 5.73 Å². The Bertz CT molecular complexity index is 189. The molecule has 3 N–H and O–H groups in total. The van der Waals surface area contributed by atoms with Crippen molar-refractivity contribution in [1.29, 1.82) is 0 Å². The number of carbonyl (C=O) groups is 2. The zero-order valence-electron chi connectivity index (χ0n) is 8.11. The van der Waals surface area contributed by atoms with Crippen LogP contribution in [0.25, 0.3) is 0 Å².